The quantitative estimate of drug-likeness (QED) is 0.472. The van der Waals surface area contributed by atoms with Crippen molar-refractivity contribution in [1.29, 1.82) is 0 Å². The van der Waals surface area contributed by atoms with Crippen LogP contribution < -0.4 is 5.46 Å². The van der Waals surface area contributed by atoms with Crippen LogP contribution in [0.15, 0.2) is 18.2 Å². The number of rotatable bonds is 3. The third-order valence-electron chi connectivity index (χ3n) is 2.91. The van der Waals surface area contributed by atoms with Crippen molar-refractivity contribution in [2.24, 2.45) is 0 Å². The predicted molar refractivity (Wildman–Crippen MR) is 66.0 cm³/mol. The summed E-state index contributed by atoms with van der Waals surface area (Å²) in [5.74, 6) is 0.157. The van der Waals surface area contributed by atoms with E-state index in [1.165, 1.54) is 0 Å². The Morgan fingerprint density at radius 1 is 1.35 bits per heavy atom. The molecule has 0 bridgehead atoms. The summed E-state index contributed by atoms with van der Waals surface area (Å²) < 4.78 is 19.6. The molecule has 7 heteroatoms. The molecule has 1 unspecified atom stereocenters. The van der Waals surface area contributed by atoms with E-state index in [2.05, 4.69) is 0 Å². The van der Waals surface area contributed by atoms with Gasteiger partial charge in [0.05, 0.1) is 0 Å². The van der Waals surface area contributed by atoms with Crippen molar-refractivity contribution in [1.82, 2.24) is 4.90 Å². The summed E-state index contributed by atoms with van der Waals surface area (Å²) in [6, 6.07) is 5.30. The summed E-state index contributed by atoms with van der Waals surface area (Å²) in [5, 5.41) is 18.1. The Morgan fingerprint density at radius 2 is 2.12 bits per heavy atom. The smallest absolute Gasteiger partial charge is 0.423 e. The lowest BCUT2D eigenvalue weighted by Crippen LogP contribution is -2.35. The van der Waals surface area contributed by atoms with Crippen LogP contribution in [0, 0.1) is 0 Å². The second-order valence-electron chi connectivity index (χ2n) is 4.15. The molecule has 0 spiro atoms. The van der Waals surface area contributed by atoms with Crippen molar-refractivity contribution < 1.29 is 18.8 Å². The fourth-order valence-corrected chi connectivity index (χ4v) is 2.59. The molecule has 0 fully saturated rings. The second-order valence-corrected chi connectivity index (χ2v) is 5.06. The van der Waals surface area contributed by atoms with Crippen LogP contribution in [-0.4, -0.2) is 43.2 Å². The lowest BCUT2D eigenvalue weighted by molar-refractivity contribution is 0.291. The number of benzene rings is 1. The highest BCUT2D eigenvalue weighted by atomic mass is 32.2. The Morgan fingerprint density at radius 3 is 2.76 bits per heavy atom. The van der Waals surface area contributed by atoms with Crippen molar-refractivity contribution in [3.05, 3.63) is 29.3 Å². The summed E-state index contributed by atoms with van der Waals surface area (Å²) in [5.41, 5.74) is 2.64. The maximum absolute atomic E-state index is 10.7. The molecule has 1 aliphatic rings. The minimum Gasteiger partial charge on any atom is -0.423 e. The van der Waals surface area contributed by atoms with Gasteiger partial charge < -0.3 is 14.6 Å². The van der Waals surface area contributed by atoms with Gasteiger partial charge in [0.2, 0.25) is 0 Å². The molecule has 0 saturated carbocycles. The van der Waals surface area contributed by atoms with E-state index in [-0.39, 0.29) is 5.88 Å². The first kappa shape index (κ1) is 12.7. The topological polar surface area (TPSA) is 81.0 Å². The van der Waals surface area contributed by atoms with Crippen LogP contribution >= 0.6 is 0 Å². The molecule has 1 aromatic carbocycles. The molecular weight excluding hydrogens is 241 g/mol. The predicted octanol–water partition coefficient (Wildman–Crippen LogP) is -1.10. The molecule has 17 heavy (non-hydrogen) atoms. The Balaban J connectivity index is 2.14. The average molecular weight is 255 g/mol. The number of nitrogens with zero attached hydrogens (tertiary/aromatic N) is 1. The molecule has 0 aromatic heterocycles. The highest BCUT2D eigenvalue weighted by Crippen LogP contribution is 2.17. The molecule has 1 aliphatic heterocycles. The third kappa shape index (κ3) is 3.14. The summed E-state index contributed by atoms with van der Waals surface area (Å²) in [6.07, 6.45) is 0.757. The first-order valence-electron chi connectivity index (χ1n) is 5.34. The highest BCUT2D eigenvalue weighted by Gasteiger charge is 2.19. The zero-order chi connectivity index (χ0) is 12.4. The number of hydrogen-bond acceptors (Lipinski definition) is 4. The van der Waals surface area contributed by atoms with E-state index < -0.39 is 18.2 Å². The zero-order valence-corrected chi connectivity index (χ0v) is 10.1. The molecule has 0 amide bonds. The van der Waals surface area contributed by atoms with Gasteiger partial charge in [-0.15, -0.1) is 0 Å². The summed E-state index contributed by atoms with van der Waals surface area (Å²) in [4.78, 5) is 1.91. The lowest BCUT2D eigenvalue weighted by atomic mass is 9.78. The van der Waals surface area contributed by atoms with Gasteiger partial charge in [-0.1, -0.05) is 18.2 Å². The SMILES string of the molecule is O=S(O)CN1CCc2cc(B(O)O)ccc2C1. The number of fused-ring (bicyclic) bond motifs is 1. The van der Waals surface area contributed by atoms with E-state index in [9.17, 15) is 4.21 Å². The van der Waals surface area contributed by atoms with E-state index in [4.69, 9.17) is 14.6 Å². The summed E-state index contributed by atoms with van der Waals surface area (Å²) in [6.45, 7) is 1.34. The van der Waals surface area contributed by atoms with Crippen molar-refractivity contribution in [2.75, 3.05) is 12.4 Å². The van der Waals surface area contributed by atoms with Gasteiger partial charge >= 0.3 is 7.12 Å². The fraction of sp³-hybridized carbons (Fsp3) is 0.400. The van der Waals surface area contributed by atoms with E-state index in [1.807, 2.05) is 11.0 Å². The Labute approximate surface area is 103 Å². The maximum atomic E-state index is 10.7. The molecule has 0 saturated heterocycles. The minimum atomic E-state index is -1.81. The van der Waals surface area contributed by atoms with Crippen LogP contribution in [0.3, 0.4) is 0 Å². The van der Waals surface area contributed by atoms with Crippen molar-refractivity contribution in [2.45, 2.75) is 13.0 Å². The molecule has 5 nitrogen and oxygen atoms in total. The molecule has 0 aliphatic carbocycles. The van der Waals surface area contributed by atoms with Crippen LogP contribution in [0.5, 0.6) is 0 Å². The molecular formula is C10H14BNO4S. The molecule has 1 atom stereocenters. The zero-order valence-electron chi connectivity index (χ0n) is 9.24. The van der Waals surface area contributed by atoms with E-state index in [0.717, 1.165) is 17.5 Å². The van der Waals surface area contributed by atoms with Crippen LogP contribution in [0.1, 0.15) is 11.1 Å². The van der Waals surface area contributed by atoms with Crippen LogP contribution in [0.2, 0.25) is 0 Å². The van der Waals surface area contributed by atoms with Crippen molar-refractivity contribution in [3.63, 3.8) is 0 Å². The monoisotopic (exact) mass is 255 g/mol. The average Bonchev–Trinajstić information content (AvgIpc) is 2.27. The maximum Gasteiger partial charge on any atom is 0.488 e. The van der Waals surface area contributed by atoms with Crippen LogP contribution in [-0.2, 0) is 24.0 Å². The minimum absolute atomic E-state index is 0.157. The first-order valence-corrected chi connectivity index (χ1v) is 6.61. The largest absolute Gasteiger partial charge is 0.488 e. The standard InChI is InChI=1S/C10H14BNO4S/c13-11(14)10-2-1-9-6-12(7-17(15)16)4-3-8(9)5-10/h1-2,5,13-14H,3-4,6-7H2,(H,15,16). The molecule has 2 rings (SSSR count). The van der Waals surface area contributed by atoms with E-state index in [0.29, 0.717) is 18.6 Å². The van der Waals surface area contributed by atoms with Crippen LogP contribution in [0.4, 0.5) is 0 Å². The normalized spacial score (nSPS) is 17.6. The third-order valence-corrected chi connectivity index (χ3v) is 3.50. The van der Waals surface area contributed by atoms with Gasteiger partial charge in [0.15, 0.2) is 11.1 Å². The summed E-state index contributed by atoms with van der Waals surface area (Å²) >= 11 is -1.81. The molecule has 0 radical (unpaired) electrons. The van der Waals surface area contributed by atoms with Gasteiger partial charge in [0, 0.05) is 13.1 Å². The fourth-order valence-electron chi connectivity index (χ4n) is 2.06. The van der Waals surface area contributed by atoms with Crippen molar-refractivity contribution >= 4 is 23.7 Å². The number of hydrogen-bond donors (Lipinski definition) is 3. The first-order chi connectivity index (χ1) is 8.06. The van der Waals surface area contributed by atoms with Gasteiger partial charge in [0.1, 0.15) is 5.88 Å². The van der Waals surface area contributed by atoms with Crippen LogP contribution in [0.25, 0.3) is 0 Å². The van der Waals surface area contributed by atoms with Gasteiger partial charge in [-0.05, 0) is 23.0 Å². The van der Waals surface area contributed by atoms with Gasteiger partial charge in [-0.25, -0.2) is 4.21 Å². The summed E-state index contributed by atoms with van der Waals surface area (Å²) in [7, 11) is -1.44. The lowest BCUT2D eigenvalue weighted by Gasteiger charge is -2.27. The van der Waals surface area contributed by atoms with Gasteiger partial charge in [-0.2, -0.15) is 0 Å². The molecule has 92 valence electrons. The molecule has 3 N–H and O–H groups in total. The van der Waals surface area contributed by atoms with Gasteiger partial charge in [0.25, 0.3) is 0 Å². The molecule has 1 aromatic rings. The van der Waals surface area contributed by atoms with E-state index >= 15 is 0 Å². The Hall–Kier alpha value is -0.725. The van der Waals surface area contributed by atoms with Crippen molar-refractivity contribution in [3.8, 4) is 0 Å². The Kier molecular flexibility index (Phi) is 3.95. The second kappa shape index (κ2) is 5.28. The molecule has 1 heterocycles. The Bertz CT molecular complexity index is 440. The highest BCUT2D eigenvalue weighted by molar-refractivity contribution is 7.79. The van der Waals surface area contributed by atoms with E-state index in [1.54, 1.807) is 12.1 Å². The van der Waals surface area contributed by atoms with Gasteiger partial charge in [-0.3, -0.25) is 4.90 Å².